The number of primary amides is 1. The van der Waals surface area contributed by atoms with Gasteiger partial charge in [0, 0.05) is 34.2 Å². The lowest BCUT2D eigenvalue weighted by molar-refractivity contribution is 0.100. The summed E-state index contributed by atoms with van der Waals surface area (Å²) in [5, 5.41) is 2.07. The van der Waals surface area contributed by atoms with Crippen LogP contribution in [0.5, 0.6) is 0 Å². The number of benzene rings is 2. The molecule has 4 aromatic rings. The van der Waals surface area contributed by atoms with Gasteiger partial charge in [-0.2, -0.15) is 0 Å². The number of carbonyl (C=O) groups is 1. The summed E-state index contributed by atoms with van der Waals surface area (Å²) < 4.78 is 0. The van der Waals surface area contributed by atoms with Crippen molar-refractivity contribution in [1.29, 1.82) is 0 Å². The van der Waals surface area contributed by atoms with Crippen LogP contribution >= 0.6 is 0 Å². The van der Waals surface area contributed by atoms with Crippen LogP contribution in [0.25, 0.3) is 32.9 Å². The molecule has 0 saturated carbocycles. The van der Waals surface area contributed by atoms with Crippen LogP contribution < -0.4 is 5.73 Å². The molecule has 0 saturated heterocycles. The molecular formula is C18H13N3O. The zero-order valence-corrected chi connectivity index (χ0v) is 11.7. The Morgan fingerprint density at radius 1 is 1.00 bits per heavy atom. The Bertz CT molecular complexity index is 1000. The normalized spacial score (nSPS) is 11.1. The van der Waals surface area contributed by atoms with E-state index in [1.54, 1.807) is 12.4 Å². The molecule has 0 unspecified atom stereocenters. The molecule has 1 amide bonds. The molecule has 4 rings (SSSR count). The number of aromatic nitrogens is 2. The fourth-order valence-electron chi connectivity index (χ4n) is 2.85. The highest BCUT2D eigenvalue weighted by atomic mass is 16.1. The smallest absolute Gasteiger partial charge is 0.250 e. The average Bonchev–Trinajstić information content (AvgIpc) is 2.93. The lowest BCUT2D eigenvalue weighted by Crippen LogP contribution is -2.11. The highest BCUT2D eigenvalue weighted by Gasteiger charge is 2.14. The topological polar surface area (TPSA) is 71.8 Å². The van der Waals surface area contributed by atoms with Gasteiger partial charge in [0.2, 0.25) is 0 Å². The number of hydrogen-bond acceptors (Lipinski definition) is 2. The first-order chi connectivity index (χ1) is 10.7. The highest BCUT2D eigenvalue weighted by molar-refractivity contribution is 6.16. The molecule has 0 aliphatic heterocycles. The molecule has 2 aromatic carbocycles. The predicted molar refractivity (Wildman–Crippen MR) is 87.6 cm³/mol. The summed E-state index contributed by atoms with van der Waals surface area (Å²) in [6.45, 7) is 0. The van der Waals surface area contributed by atoms with Gasteiger partial charge >= 0.3 is 0 Å². The van der Waals surface area contributed by atoms with E-state index in [2.05, 4.69) is 16.0 Å². The molecule has 0 atom stereocenters. The van der Waals surface area contributed by atoms with Gasteiger partial charge in [-0.15, -0.1) is 0 Å². The maximum atomic E-state index is 11.9. The van der Waals surface area contributed by atoms with Crippen LogP contribution in [0.2, 0.25) is 0 Å². The zero-order valence-electron chi connectivity index (χ0n) is 11.7. The molecule has 0 aliphatic carbocycles. The number of nitrogens with zero attached hydrogens (tertiary/aromatic N) is 1. The van der Waals surface area contributed by atoms with Gasteiger partial charge in [-0.05, 0) is 29.8 Å². The second-order valence-corrected chi connectivity index (χ2v) is 5.22. The number of fused-ring (bicyclic) bond motifs is 3. The fraction of sp³-hybridized carbons (Fsp3) is 0. The number of carbonyl (C=O) groups excluding carboxylic acids is 1. The first-order valence-corrected chi connectivity index (χ1v) is 6.99. The molecule has 2 heterocycles. The van der Waals surface area contributed by atoms with Crippen LogP contribution in [-0.2, 0) is 0 Å². The van der Waals surface area contributed by atoms with E-state index in [1.165, 1.54) is 0 Å². The lowest BCUT2D eigenvalue weighted by Gasteiger charge is -2.05. The van der Waals surface area contributed by atoms with Gasteiger partial charge in [0.15, 0.2) is 0 Å². The van der Waals surface area contributed by atoms with Crippen LogP contribution in [0.4, 0.5) is 0 Å². The Labute approximate surface area is 126 Å². The van der Waals surface area contributed by atoms with Crippen molar-refractivity contribution in [3.63, 3.8) is 0 Å². The van der Waals surface area contributed by atoms with Crippen molar-refractivity contribution < 1.29 is 4.79 Å². The zero-order chi connectivity index (χ0) is 15.1. The van der Waals surface area contributed by atoms with Gasteiger partial charge in [-0.1, -0.05) is 24.3 Å². The van der Waals surface area contributed by atoms with Crippen molar-refractivity contribution in [3.05, 3.63) is 66.5 Å². The van der Waals surface area contributed by atoms with Gasteiger partial charge in [0.1, 0.15) is 0 Å². The van der Waals surface area contributed by atoms with E-state index in [4.69, 9.17) is 5.73 Å². The largest absolute Gasteiger partial charge is 0.366 e. The molecule has 2 aromatic heterocycles. The number of amides is 1. The number of hydrogen-bond donors (Lipinski definition) is 2. The van der Waals surface area contributed by atoms with Crippen LogP contribution in [0.15, 0.2) is 60.9 Å². The predicted octanol–water partition coefficient (Wildman–Crippen LogP) is 3.48. The summed E-state index contributed by atoms with van der Waals surface area (Å²) in [7, 11) is 0. The monoisotopic (exact) mass is 287 g/mol. The van der Waals surface area contributed by atoms with Gasteiger partial charge in [-0.25, -0.2) is 0 Å². The molecule has 4 heteroatoms. The Morgan fingerprint density at radius 3 is 2.64 bits per heavy atom. The van der Waals surface area contributed by atoms with Crippen LogP contribution in [-0.4, -0.2) is 15.9 Å². The van der Waals surface area contributed by atoms with Crippen molar-refractivity contribution in [2.45, 2.75) is 0 Å². The first-order valence-electron chi connectivity index (χ1n) is 6.99. The maximum absolute atomic E-state index is 11.9. The number of nitrogens with two attached hydrogens (primary N) is 1. The Balaban J connectivity index is 2.12. The lowest BCUT2D eigenvalue weighted by atomic mass is 10.00. The SMILES string of the molecule is NC(=O)c1cc(-c2cccnc2)cc2c1[nH]c1ccccc12. The Kier molecular flexibility index (Phi) is 2.69. The standard InChI is InChI=1S/C18H13N3O/c19-18(22)15-9-12(11-4-3-7-20-10-11)8-14-13-5-1-2-6-16(13)21-17(14)15/h1-10,21H,(H2,19,22). The molecule has 0 radical (unpaired) electrons. The third kappa shape index (κ3) is 1.85. The van der Waals surface area contributed by atoms with Gasteiger partial charge in [0.25, 0.3) is 5.91 Å². The van der Waals surface area contributed by atoms with Gasteiger partial charge in [-0.3, -0.25) is 9.78 Å². The number of rotatable bonds is 2. The number of para-hydroxylation sites is 1. The summed E-state index contributed by atoms with van der Waals surface area (Å²) in [6.07, 6.45) is 3.50. The van der Waals surface area contributed by atoms with Crippen LogP contribution in [0.3, 0.4) is 0 Å². The van der Waals surface area contributed by atoms with Crippen LogP contribution in [0.1, 0.15) is 10.4 Å². The van der Waals surface area contributed by atoms with Crippen molar-refractivity contribution >= 4 is 27.7 Å². The summed E-state index contributed by atoms with van der Waals surface area (Å²) in [5.41, 5.74) is 9.72. The molecule has 4 nitrogen and oxygen atoms in total. The third-order valence-corrected chi connectivity index (χ3v) is 3.88. The van der Waals surface area contributed by atoms with Crippen molar-refractivity contribution in [2.75, 3.05) is 0 Å². The number of nitrogens with one attached hydrogen (secondary N) is 1. The third-order valence-electron chi connectivity index (χ3n) is 3.88. The molecule has 0 aliphatic rings. The fourth-order valence-corrected chi connectivity index (χ4v) is 2.85. The summed E-state index contributed by atoms with van der Waals surface area (Å²) in [6, 6.07) is 15.7. The highest BCUT2D eigenvalue weighted by Crippen LogP contribution is 2.32. The van der Waals surface area contributed by atoms with Gasteiger partial charge in [0.05, 0.1) is 11.1 Å². The van der Waals surface area contributed by atoms with E-state index in [0.717, 1.165) is 32.9 Å². The summed E-state index contributed by atoms with van der Waals surface area (Å²) >= 11 is 0. The van der Waals surface area contributed by atoms with Crippen molar-refractivity contribution in [1.82, 2.24) is 9.97 Å². The minimum atomic E-state index is -0.442. The molecule has 3 N–H and O–H groups in total. The molecule has 0 fully saturated rings. The van der Waals surface area contributed by atoms with Crippen molar-refractivity contribution in [2.24, 2.45) is 5.73 Å². The van der Waals surface area contributed by atoms with Gasteiger partial charge < -0.3 is 10.7 Å². The molecule has 106 valence electrons. The second-order valence-electron chi connectivity index (χ2n) is 5.22. The Hall–Kier alpha value is -3.14. The van der Waals surface area contributed by atoms with E-state index in [0.29, 0.717) is 5.56 Å². The maximum Gasteiger partial charge on any atom is 0.250 e. The first kappa shape index (κ1) is 12.6. The number of H-pyrrole nitrogens is 1. The summed E-state index contributed by atoms with van der Waals surface area (Å²) in [5.74, 6) is -0.442. The Morgan fingerprint density at radius 2 is 1.86 bits per heavy atom. The van der Waals surface area contributed by atoms with Crippen molar-refractivity contribution in [3.8, 4) is 11.1 Å². The molecule has 0 bridgehead atoms. The quantitative estimate of drug-likeness (QED) is 0.592. The molecule has 0 spiro atoms. The van der Waals surface area contributed by atoms with E-state index >= 15 is 0 Å². The van der Waals surface area contributed by atoms with E-state index in [1.807, 2.05) is 42.5 Å². The number of aromatic amines is 1. The molecule has 22 heavy (non-hydrogen) atoms. The van der Waals surface area contributed by atoms with E-state index in [9.17, 15) is 4.79 Å². The van der Waals surface area contributed by atoms with Crippen LogP contribution in [0, 0.1) is 0 Å². The average molecular weight is 287 g/mol. The van der Waals surface area contributed by atoms with E-state index < -0.39 is 5.91 Å². The second kappa shape index (κ2) is 4.70. The minimum absolute atomic E-state index is 0.442. The molecular weight excluding hydrogens is 274 g/mol. The minimum Gasteiger partial charge on any atom is -0.366 e. The van der Waals surface area contributed by atoms with E-state index in [-0.39, 0.29) is 0 Å². The summed E-state index contributed by atoms with van der Waals surface area (Å²) in [4.78, 5) is 19.3. The number of pyridine rings is 1.